The summed E-state index contributed by atoms with van der Waals surface area (Å²) in [4.78, 5) is 11.8. The Labute approximate surface area is 92.3 Å². The number of aromatic carboxylic acids is 1. The fourth-order valence-corrected chi connectivity index (χ4v) is 2.15. The van der Waals surface area contributed by atoms with Crippen LogP contribution < -0.4 is 5.32 Å². The highest BCUT2D eigenvalue weighted by Crippen LogP contribution is 2.31. The summed E-state index contributed by atoms with van der Waals surface area (Å²) in [6, 6.07) is 5.18. The van der Waals surface area contributed by atoms with Gasteiger partial charge in [-0.05, 0) is 18.2 Å². The highest BCUT2D eigenvalue weighted by molar-refractivity contribution is 7.99. The third-order valence-electron chi connectivity index (χ3n) is 1.90. The van der Waals surface area contributed by atoms with Crippen LogP contribution in [0, 0.1) is 0 Å². The predicted molar refractivity (Wildman–Crippen MR) is 59.9 cm³/mol. The summed E-state index contributed by atoms with van der Waals surface area (Å²) >= 11 is 1.75. The molecule has 0 aliphatic carbocycles. The maximum atomic E-state index is 10.7. The second kappa shape index (κ2) is 4.57. The summed E-state index contributed by atoms with van der Waals surface area (Å²) in [5.74, 6) is 0.166. The first kappa shape index (κ1) is 11.2. The highest BCUT2D eigenvalue weighted by Gasteiger charge is 2.11. The first-order valence-electron chi connectivity index (χ1n) is 4.01. The smallest absolute Gasteiger partial charge is 0.335 e. The molecule has 1 aromatic carbocycles. The Hall–Kier alpha value is -0.870. The Bertz CT molecular complexity index is 357. The van der Waals surface area contributed by atoms with Crippen molar-refractivity contribution in [3.63, 3.8) is 0 Å². The topological polar surface area (TPSA) is 49.3 Å². The number of carboxylic acids is 1. The molecule has 76 valence electrons. The summed E-state index contributed by atoms with van der Waals surface area (Å²) in [6.07, 6.45) is 0. The monoisotopic (exact) mass is 231 g/mol. The van der Waals surface area contributed by atoms with E-state index in [2.05, 4.69) is 5.32 Å². The van der Waals surface area contributed by atoms with Gasteiger partial charge in [0, 0.05) is 22.9 Å². The zero-order chi connectivity index (χ0) is 9.26. The van der Waals surface area contributed by atoms with Gasteiger partial charge in [0.05, 0.1) is 5.56 Å². The van der Waals surface area contributed by atoms with Gasteiger partial charge in [-0.15, -0.1) is 24.2 Å². The first-order valence-corrected chi connectivity index (χ1v) is 5.00. The summed E-state index contributed by atoms with van der Waals surface area (Å²) < 4.78 is 0. The number of hydrogen-bond acceptors (Lipinski definition) is 3. The molecule has 1 aliphatic heterocycles. The van der Waals surface area contributed by atoms with Crippen molar-refractivity contribution in [3.8, 4) is 0 Å². The molecule has 2 N–H and O–H groups in total. The molecule has 0 saturated heterocycles. The van der Waals surface area contributed by atoms with Crippen molar-refractivity contribution in [1.29, 1.82) is 0 Å². The number of thioether (sulfide) groups is 1. The fraction of sp³-hybridized carbons (Fsp3) is 0.222. The number of anilines is 1. The molecule has 2 rings (SSSR count). The van der Waals surface area contributed by atoms with Crippen LogP contribution in [0.15, 0.2) is 23.1 Å². The van der Waals surface area contributed by atoms with Crippen molar-refractivity contribution in [2.75, 3.05) is 17.6 Å². The lowest BCUT2D eigenvalue weighted by Gasteiger charge is -2.17. The molecule has 3 nitrogen and oxygen atoms in total. The average Bonchev–Trinajstić information content (AvgIpc) is 2.17. The zero-order valence-corrected chi connectivity index (χ0v) is 8.95. The number of hydrogen-bond donors (Lipinski definition) is 2. The maximum Gasteiger partial charge on any atom is 0.335 e. The van der Waals surface area contributed by atoms with Crippen LogP contribution in [0.4, 0.5) is 5.69 Å². The molecule has 0 unspecified atom stereocenters. The normalized spacial score (nSPS) is 13.4. The minimum Gasteiger partial charge on any atom is -0.478 e. The largest absolute Gasteiger partial charge is 0.478 e. The van der Waals surface area contributed by atoms with Gasteiger partial charge >= 0.3 is 5.97 Å². The molecular formula is C9H10ClNO2S. The van der Waals surface area contributed by atoms with Crippen LogP contribution >= 0.6 is 24.2 Å². The van der Waals surface area contributed by atoms with Crippen molar-refractivity contribution in [1.82, 2.24) is 0 Å². The standard InChI is InChI=1S/C9H9NO2S.ClH/c11-9(12)6-1-2-8-7(5-6)10-3-4-13-8;/h1-2,5,10H,3-4H2,(H,11,12);1H. The molecule has 0 bridgehead atoms. The van der Waals surface area contributed by atoms with E-state index in [-0.39, 0.29) is 12.4 Å². The molecule has 0 fully saturated rings. The summed E-state index contributed by atoms with van der Waals surface area (Å²) in [7, 11) is 0. The molecular weight excluding hydrogens is 222 g/mol. The van der Waals surface area contributed by atoms with Gasteiger partial charge in [-0.1, -0.05) is 0 Å². The Morgan fingerprint density at radius 2 is 2.29 bits per heavy atom. The van der Waals surface area contributed by atoms with Gasteiger partial charge in [-0.3, -0.25) is 0 Å². The average molecular weight is 232 g/mol. The third-order valence-corrected chi connectivity index (χ3v) is 2.98. The van der Waals surface area contributed by atoms with Gasteiger partial charge in [-0.2, -0.15) is 0 Å². The molecule has 1 aromatic rings. The van der Waals surface area contributed by atoms with Crippen LogP contribution in [0.3, 0.4) is 0 Å². The van der Waals surface area contributed by atoms with Gasteiger partial charge in [0.25, 0.3) is 0 Å². The van der Waals surface area contributed by atoms with E-state index < -0.39 is 5.97 Å². The number of fused-ring (bicyclic) bond motifs is 1. The molecule has 0 spiro atoms. The molecule has 0 radical (unpaired) electrons. The number of benzene rings is 1. The van der Waals surface area contributed by atoms with Gasteiger partial charge in [-0.25, -0.2) is 4.79 Å². The molecule has 1 heterocycles. The lowest BCUT2D eigenvalue weighted by molar-refractivity contribution is 0.0697. The van der Waals surface area contributed by atoms with Crippen LogP contribution in [0.1, 0.15) is 10.4 Å². The summed E-state index contributed by atoms with van der Waals surface area (Å²) in [6.45, 7) is 0.904. The number of rotatable bonds is 1. The maximum absolute atomic E-state index is 10.7. The molecule has 14 heavy (non-hydrogen) atoms. The zero-order valence-electron chi connectivity index (χ0n) is 7.32. The molecule has 1 aliphatic rings. The highest BCUT2D eigenvalue weighted by atomic mass is 35.5. The van der Waals surface area contributed by atoms with Crippen molar-refractivity contribution in [2.24, 2.45) is 0 Å². The summed E-state index contributed by atoms with van der Waals surface area (Å²) in [5, 5.41) is 11.9. The van der Waals surface area contributed by atoms with Gasteiger partial charge in [0.15, 0.2) is 0 Å². The van der Waals surface area contributed by atoms with Gasteiger partial charge in [0.1, 0.15) is 0 Å². The third kappa shape index (κ3) is 2.13. The molecule has 0 aromatic heterocycles. The van der Waals surface area contributed by atoms with Crippen molar-refractivity contribution in [3.05, 3.63) is 23.8 Å². The minimum atomic E-state index is -0.875. The number of halogens is 1. The Kier molecular flexibility index (Phi) is 3.66. The van der Waals surface area contributed by atoms with Crippen LogP contribution in [0.25, 0.3) is 0 Å². The molecule has 0 amide bonds. The van der Waals surface area contributed by atoms with Crippen LogP contribution in [0.2, 0.25) is 0 Å². The van der Waals surface area contributed by atoms with Crippen LogP contribution in [0.5, 0.6) is 0 Å². The minimum absolute atomic E-state index is 0. The van der Waals surface area contributed by atoms with Crippen LogP contribution in [-0.4, -0.2) is 23.4 Å². The van der Waals surface area contributed by atoms with E-state index in [1.807, 2.05) is 6.07 Å². The van der Waals surface area contributed by atoms with E-state index in [0.29, 0.717) is 5.56 Å². The molecule has 0 saturated carbocycles. The van der Waals surface area contributed by atoms with Crippen molar-refractivity contribution >= 4 is 35.8 Å². The van der Waals surface area contributed by atoms with E-state index in [4.69, 9.17) is 5.11 Å². The van der Waals surface area contributed by atoms with E-state index in [9.17, 15) is 4.79 Å². The van der Waals surface area contributed by atoms with Gasteiger partial charge < -0.3 is 10.4 Å². The Morgan fingerprint density at radius 1 is 1.50 bits per heavy atom. The van der Waals surface area contributed by atoms with Crippen molar-refractivity contribution < 1.29 is 9.90 Å². The van der Waals surface area contributed by atoms with E-state index >= 15 is 0 Å². The number of carboxylic acid groups (broad SMARTS) is 1. The van der Waals surface area contributed by atoms with E-state index in [1.165, 1.54) is 0 Å². The lowest BCUT2D eigenvalue weighted by atomic mass is 10.2. The van der Waals surface area contributed by atoms with E-state index in [0.717, 1.165) is 22.9 Å². The number of carbonyl (C=O) groups is 1. The lowest BCUT2D eigenvalue weighted by Crippen LogP contribution is -2.11. The molecule has 0 atom stereocenters. The quantitative estimate of drug-likeness (QED) is 0.779. The first-order chi connectivity index (χ1) is 6.27. The van der Waals surface area contributed by atoms with Gasteiger partial charge in [0.2, 0.25) is 0 Å². The fourth-order valence-electron chi connectivity index (χ4n) is 1.27. The number of nitrogens with one attached hydrogen (secondary N) is 1. The second-order valence-corrected chi connectivity index (χ2v) is 3.93. The summed E-state index contributed by atoms with van der Waals surface area (Å²) in [5.41, 5.74) is 1.28. The Balaban J connectivity index is 0.000000980. The predicted octanol–water partition coefficient (Wildman–Crippen LogP) is 2.32. The SMILES string of the molecule is Cl.O=C(O)c1ccc2c(c1)NCCS2. The van der Waals surface area contributed by atoms with E-state index in [1.54, 1.807) is 23.9 Å². The molecule has 5 heteroatoms. The second-order valence-electron chi connectivity index (χ2n) is 2.79. The van der Waals surface area contributed by atoms with Crippen LogP contribution in [-0.2, 0) is 0 Å². The Morgan fingerprint density at radius 3 is 3.00 bits per heavy atom. The van der Waals surface area contributed by atoms with Crippen molar-refractivity contribution in [2.45, 2.75) is 4.90 Å².